The normalized spacial score (nSPS) is 13.6. The van der Waals surface area contributed by atoms with Crippen LogP contribution >= 0.6 is 11.3 Å². The Kier molecular flexibility index (Phi) is 6.59. The first-order valence-electron chi connectivity index (χ1n) is 10.00. The molecule has 1 aliphatic rings. The predicted octanol–water partition coefficient (Wildman–Crippen LogP) is 3.76. The summed E-state index contributed by atoms with van der Waals surface area (Å²) in [5, 5.41) is 4.84. The summed E-state index contributed by atoms with van der Waals surface area (Å²) < 4.78 is 11.1. The average Bonchev–Trinajstić information content (AvgIpc) is 3.33. The number of ether oxygens (including phenoxy) is 2. The van der Waals surface area contributed by atoms with Crippen molar-refractivity contribution in [3.8, 4) is 5.75 Å². The van der Waals surface area contributed by atoms with Gasteiger partial charge in [0, 0.05) is 35.3 Å². The van der Waals surface area contributed by atoms with E-state index >= 15 is 0 Å². The number of carbonyl (C=O) groups is 2. The molecule has 8 heteroatoms. The molecule has 160 valence electrons. The lowest BCUT2D eigenvalue weighted by Gasteiger charge is -2.27. The zero-order valence-corrected chi connectivity index (χ0v) is 18.0. The van der Waals surface area contributed by atoms with Crippen LogP contribution in [0.2, 0.25) is 0 Å². The summed E-state index contributed by atoms with van der Waals surface area (Å²) in [6, 6.07) is 12.4. The van der Waals surface area contributed by atoms with Crippen molar-refractivity contribution in [2.24, 2.45) is 0 Å². The molecule has 1 aromatic heterocycles. The second-order valence-corrected chi connectivity index (χ2v) is 7.85. The average molecular weight is 438 g/mol. The first-order valence-corrected chi connectivity index (χ1v) is 10.9. The van der Waals surface area contributed by atoms with Crippen molar-refractivity contribution < 1.29 is 19.1 Å². The minimum Gasteiger partial charge on any atom is -0.487 e. The summed E-state index contributed by atoms with van der Waals surface area (Å²) in [5.74, 6) is 0.279. The second-order valence-electron chi connectivity index (χ2n) is 7.13. The Bertz CT molecular complexity index is 1060. The fourth-order valence-corrected chi connectivity index (χ4v) is 3.87. The fourth-order valence-electron chi connectivity index (χ4n) is 3.33. The van der Waals surface area contributed by atoms with E-state index < -0.39 is 0 Å². The highest BCUT2D eigenvalue weighted by Gasteiger charge is 2.21. The molecule has 31 heavy (non-hydrogen) atoms. The summed E-state index contributed by atoms with van der Waals surface area (Å²) in [4.78, 5) is 31.7. The van der Waals surface area contributed by atoms with Crippen LogP contribution in [0.1, 0.15) is 32.0 Å². The maximum Gasteiger partial charge on any atom is 0.255 e. The van der Waals surface area contributed by atoms with Crippen molar-refractivity contribution in [3.05, 3.63) is 75.7 Å². The molecule has 0 spiro atoms. The van der Waals surface area contributed by atoms with Gasteiger partial charge in [-0.1, -0.05) is 12.1 Å². The summed E-state index contributed by atoms with van der Waals surface area (Å²) in [6.07, 6.45) is 0. The zero-order chi connectivity index (χ0) is 21.6. The van der Waals surface area contributed by atoms with Crippen molar-refractivity contribution in [1.82, 2.24) is 9.88 Å². The number of hydrogen-bond acceptors (Lipinski definition) is 6. The minimum atomic E-state index is -0.266. The van der Waals surface area contributed by atoms with Gasteiger partial charge in [-0.05, 0) is 42.8 Å². The van der Waals surface area contributed by atoms with Crippen molar-refractivity contribution >= 4 is 28.8 Å². The summed E-state index contributed by atoms with van der Waals surface area (Å²) in [7, 11) is 0. The topological polar surface area (TPSA) is 80.8 Å². The van der Waals surface area contributed by atoms with E-state index in [0.29, 0.717) is 55.5 Å². The molecule has 1 fully saturated rings. The zero-order valence-electron chi connectivity index (χ0n) is 17.2. The largest absolute Gasteiger partial charge is 0.487 e. The molecule has 2 aromatic carbocycles. The summed E-state index contributed by atoms with van der Waals surface area (Å²) >= 11 is 1.51. The van der Waals surface area contributed by atoms with Gasteiger partial charge in [0.2, 0.25) is 0 Å². The number of aromatic nitrogens is 1. The Labute approximate surface area is 184 Å². The second kappa shape index (κ2) is 9.72. The smallest absolute Gasteiger partial charge is 0.255 e. The third kappa shape index (κ3) is 5.10. The van der Waals surface area contributed by atoms with Gasteiger partial charge in [-0.15, -0.1) is 11.3 Å². The van der Waals surface area contributed by atoms with Gasteiger partial charge in [0.25, 0.3) is 11.8 Å². The van der Waals surface area contributed by atoms with Gasteiger partial charge >= 0.3 is 0 Å². The van der Waals surface area contributed by atoms with Crippen LogP contribution in [-0.4, -0.2) is 48.0 Å². The molecule has 1 N–H and O–H groups in total. The lowest BCUT2D eigenvalue weighted by atomic mass is 10.0. The Balaban J connectivity index is 1.46. The number of nitrogens with one attached hydrogen (secondary N) is 1. The van der Waals surface area contributed by atoms with Crippen LogP contribution in [0.3, 0.4) is 0 Å². The SMILES string of the molecule is Cc1c(NC(=O)c2cccc(OCc3cscn3)c2)cccc1C(=O)N1CCOCC1. The van der Waals surface area contributed by atoms with Crippen LogP contribution in [0.15, 0.2) is 53.4 Å². The van der Waals surface area contributed by atoms with Gasteiger partial charge in [0.15, 0.2) is 0 Å². The molecule has 2 amide bonds. The van der Waals surface area contributed by atoms with E-state index in [1.54, 1.807) is 52.9 Å². The highest BCUT2D eigenvalue weighted by molar-refractivity contribution is 7.07. The lowest BCUT2D eigenvalue weighted by Crippen LogP contribution is -2.41. The molecule has 1 aliphatic heterocycles. The van der Waals surface area contributed by atoms with E-state index in [-0.39, 0.29) is 11.8 Å². The standard InChI is InChI=1S/C23H23N3O4S/c1-16-20(23(28)26-8-10-29-11-9-26)6-3-7-21(16)25-22(27)17-4-2-5-19(12-17)30-13-18-14-31-15-24-18/h2-7,12,14-15H,8-11,13H2,1H3,(H,25,27). The Morgan fingerprint density at radius 2 is 2.00 bits per heavy atom. The van der Waals surface area contributed by atoms with Crippen molar-refractivity contribution in [2.75, 3.05) is 31.6 Å². The number of amides is 2. The lowest BCUT2D eigenvalue weighted by molar-refractivity contribution is 0.0302. The van der Waals surface area contributed by atoms with Crippen molar-refractivity contribution in [2.45, 2.75) is 13.5 Å². The van der Waals surface area contributed by atoms with E-state index in [4.69, 9.17) is 9.47 Å². The maximum atomic E-state index is 12.9. The molecule has 0 unspecified atom stereocenters. The Morgan fingerprint density at radius 1 is 1.19 bits per heavy atom. The van der Waals surface area contributed by atoms with Crippen molar-refractivity contribution in [1.29, 1.82) is 0 Å². The molecular weight excluding hydrogens is 414 g/mol. The van der Waals surface area contributed by atoms with Gasteiger partial charge in [-0.25, -0.2) is 4.98 Å². The molecular formula is C23H23N3O4S. The fraction of sp³-hybridized carbons (Fsp3) is 0.261. The number of nitrogens with zero attached hydrogens (tertiary/aromatic N) is 2. The van der Waals surface area contributed by atoms with Gasteiger partial charge in [-0.3, -0.25) is 9.59 Å². The van der Waals surface area contributed by atoms with E-state index in [9.17, 15) is 9.59 Å². The molecule has 0 bridgehead atoms. The van der Waals surface area contributed by atoms with E-state index in [1.807, 2.05) is 12.3 Å². The number of benzene rings is 2. The molecule has 7 nitrogen and oxygen atoms in total. The van der Waals surface area contributed by atoms with Crippen molar-refractivity contribution in [3.63, 3.8) is 0 Å². The molecule has 1 saturated heterocycles. The van der Waals surface area contributed by atoms with Gasteiger partial charge in [0.05, 0.1) is 24.4 Å². The number of hydrogen-bond donors (Lipinski definition) is 1. The molecule has 0 radical (unpaired) electrons. The molecule has 0 saturated carbocycles. The number of carbonyl (C=O) groups excluding carboxylic acids is 2. The van der Waals surface area contributed by atoms with Crippen LogP contribution in [-0.2, 0) is 11.3 Å². The van der Waals surface area contributed by atoms with Crippen LogP contribution in [0.25, 0.3) is 0 Å². The van der Waals surface area contributed by atoms with Crippen LogP contribution in [0, 0.1) is 6.92 Å². The van der Waals surface area contributed by atoms with Crippen LogP contribution in [0.5, 0.6) is 5.75 Å². The molecule has 2 heterocycles. The third-order valence-electron chi connectivity index (χ3n) is 5.08. The first kappa shape index (κ1) is 21.0. The van der Waals surface area contributed by atoms with Gasteiger partial charge < -0.3 is 19.7 Å². The van der Waals surface area contributed by atoms with Crippen LogP contribution < -0.4 is 10.1 Å². The van der Waals surface area contributed by atoms with E-state index in [1.165, 1.54) is 11.3 Å². The Hall–Kier alpha value is -3.23. The Morgan fingerprint density at radius 3 is 2.77 bits per heavy atom. The predicted molar refractivity (Wildman–Crippen MR) is 119 cm³/mol. The minimum absolute atomic E-state index is 0.0469. The first-order chi connectivity index (χ1) is 15.1. The highest BCUT2D eigenvalue weighted by atomic mass is 32.1. The third-order valence-corrected chi connectivity index (χ3v) is 5.71. The van der Waals surface area contributed by atoms with E-state index in [0.717, 1.165) is 11.3 Å². The van der Waals surface area contributed by atoms with Crippen LogP contribution in [0.4, 0.5) is 5.69 Å². The van der Waals surface area contributed by atoms with Gasteiger partial charge in [-0.2, -0.15) is 0 Å². The maximum absolute atomic E-state index is 12.9. The quantitative estimate of drug-likeness (QED) is 0.635. The highest BCUT2D eigenvalue weighted by Crippen LogP contribution is 2.23. The number of morpholine rings is 1. The molecule has 0 atom stereocenters. The molecule has 3 aromatic rings. The molecule has 4 rings (SSSR count). The molecule has 0 aliphatic carbocycles. The number of thiazole rings is 1. The monoisotopic (exact) mass is 437 g/mol. The summed E-state index contributed by atoms with van der Waals surface area (Å²) in [6.45, 7) is 4.42. The van der Waals surface area contributed by atoms with Gasteiger partial charge in [0.1, 0.15) is 12.4 Å². The van der Waals surface area contributed by atoms with E-state index in [2.05, 4.69) is 10.3 Å². The number of anilines is 1. The summed E-state index contributed by atoms with van der Waals surface area (Å²) in [5.41, 5.74) is 5.00. The number of rotatable bonds is 6.